The van der Waals surface area contributed by atoms with Gasteiger partial charge in [0, 0.05) is 24.5 Å². The lowest BCUT2D eigenvalue weighted by Crippen LogP contribution is -2.31. The summed E-state index contributed by atoms with van der Waals surface area (Å²) >= 11 is 1.64. The smallest absolute Gasteiger partial charge is 0.233 e. The van der Waals surface area contributed by atoms with Crippen LogP contribution in [0.1, 0.15) is 51.1 Å². The lowest BCUT2D eigenvalue weighted by atomic mass is 9.87. The Bertz CT molecular complexity index is 797. The van der Waals surface area contributed by atoms with Crippen LogP contribution >= 0.6 is 11.8 Å². The molecular weight excluding hydrogens is 356 g/mol. The van der Waals surface area contributed by atoms with Crippen molar-refractivity contribution in [3.05, 3.63) is 53.9 Å². The predicted octanol–water partition coefficient (Wildman–Crippen LogP) is 5.40. The summed E-state index contributed by atoms with van der Waals surface area (Å²) in [7, 11) is 0. The highest BCUT2D eigenvalue weighted by molar-refractivity contribution is 8.00. The highest BCUT2D eigenvalue weighted by Gasteiger charge is 2.35. The number of ether oxygens (including phenoxy) is 1. The average molecular weight is 385 g/mol. The summed E-state index contributed by atoms with van der Waals surface area (Å²) in [6.07, 6.45) is 3.55. The summed E-state index contributed by atoms with van der Waals surface area (Å²) < 4.78 is 6.19. The van der Waals surface area contributed by atoms with E-state index in [4.69, 9.17) is 4.74 Å². The number of carbonyl (C=O) groups excluding carboxylic acids is 1. The Labute approximate surface area is 166 Å². The number of aromatic nitrogens is 1. The van der Waals surface area contributed by atoms with E-state index in [0.717, 1.165) is 23.6 Å². The van der Waals surface area contributed by atoms with E-state index >= 15 is 0 Å². The standard InChI is InChI=1S/C22H28N2O2S/c1-15(2)13-24-20(25)14-27-21(24)18-12-23-11-10-19(18)26-17-8-6-16(7-9-17)22(3,4)5/h6-12,15,21H,13-14H2,1-5H3. The predicted molar refractivity (Wildman–Crippen MR) is 111 cm³/mol. The number of hydrogen-bond acceptors (Lipinski definition) is 4. The Balaban J connectivity index is 1.85. The minimum absolute atomic E-state index is 0.0440. The number of amides is 1. The molecule has 1 saturated heterocycles. The summed E-state index contributed by atoms with van der Waals surface area (Å²) in [5, 5.41) is -0.0440. The van der Waals surface area contributed by atoms with Crippen molar-refractivity contribution in [2.24, 2.45) is 5.92 Å². The van der Waals surface area contributed by atoms with Crippen LogP contribution in [-0.2, 0) is 10.2 Å². The van der Waals surface area contributed by atoms with Crippen molar-refractivity contribution in [3.63, 3.8) is 0 Å². The molecule has 2 aromatic rings. The van der Waals surface area contributed by atoms with E-state index in [2.05, 4.69) is 51.7 Å². The molecule has 4 nitrogen and oxygen atoms in total. The second-order valence-corrected chi connectivity index (χ2v) is 9.46. The summed E-state index contributed by atoms with van der Waals surface area (Å²) in [4.78, 5) is 18.6. The highest BCUT2D eigenvalue weighted by Crippen LogP contribution is 2.43. The molecule has 0 aliphatic carbocycles. The first-order valence-corrected chi connectivity index (χ1v) is 10.4. The number of pyridine rings is 1. The first-order valence-electron chi connectivity index (χ1n) is 9.39. The fourth-order valence-corrected chi connectivity index (χ4v) is 4.33. The van der Waals surface area contributed by atoms with Crippen LogP contribution in [0.25, 0.3) is 0 Å². The molecule has 0 N–H and O–H groups in total. The van der Waals surface area contributed by atoms with Gasteiger partial charge in [0.25, 0.3) is 0 Å². The van der Waals surface area contributed by atoms with Crippen LogP contribution in [0.15, 0.2) is 42.7 Å². The zero-order valence-corrected chi connectivity index (χ0v) is 17.5. The Morgan fingerprint density at radius 3 is 2.56 bits per heavy atom. The number of thioether (sulfide) groups is 1. The van der Waals surface area contributed by atoms with E-state index in [9.17, 15) is 4.79 Å². The van der Waals surface area contributed by atoms with Gasteiger partial charge in [0.15, 0.2) is 0 Å². The second-order valence-electron chi connectivity index (χ2n) is 8.39. The molecule has 1 aromatic heterocycles. The number of rotatable bonds is 5. The van der Waals surface area contributed by atoms with Crippen LogP contribution < -0.4 is 4.74 Å². The van der Waals surface area contributed by atoms with E-state index < -0.39 is 0 Å². The third kappa shape index (κ3) is 4.64. The van der Waals surface area contributed by atoms with Gasteiger partial charge in [-0.15, -0.1) is 11.8 Å². The zero-order valence-electron chi connectivity index (χ0n) is 16.7. The third-order valence-corrected chi connectivity index (χ3v) is 5.79. The molecule has 0 spiro atoms. The Kier molecular flexibility index (Phi) is 5.80. The monoisotopic (exact) mass is 384 g/mol. The van der Waals surface area contributed by atoms with E-state index in [1.807, 2.05) is 29.3 Å². The quantitative estimate of drug-likeness (QED) is 0.692. The van der Waals surface area contributed by atoms with Gasteiger partial charge in [-0.25, -0.2) is 0 Å². The first kappa shape index (κ1) is 19.7. The average Bonchev–Trinajstić information content (AvgIpc) is 2.95. The van der Waals surface area contributed by atoms with Gasteiger partial charge in [0.2, 0.25) is 5.91 Å². The van der Waals surface area contributed by atoms with Gasteiger partial charge in [0.05, 0.1) is 5.75 Å². The number of hydrogen-bond donors (Lipinski definition) is 0. The van der Waals surface area contributed by atoms with Crippen molar-refractivity contribution in [3.8, 4) is 11.5 Å². The van der Waals surface area contributed by atoms with Crippen LogP contribution in [0.4, 0.5) is 0 Å². The molecule has 1 unspecified atom stereocenters. The first-order chi connectivity index (χ1) is 12.8. The summed E-state index contributed by atoms with van der Waals surface area (Å²) in [6, 6.07) is 10.1. The summed E-state index contributed by atoms with van der Waals surface area (Å²) in [6.45, 7) is 11.6. The molecule has 0 bridgehead atoms. The highest BCUT2D eigenvalue weighted by atomic mass is 32.2. The minimum atomic E-state index is -0.0440. The molecule has 0 saturated carbocycles. The Morgan fingerprint density at radius 2 is 1.93 bits per heavy atom. The third-order valence-electron chi connectivity index (χ3n) is 4.55. The molecule has 1 aromatic carbocycles. The van der Waals surface area contributed by atoms with Gasteiger partial charge in [-0.1, -0.05) is 46.8 Å². The molecule has 1 aliphatic rings. The fourth-order valence-electron chi connectivity index (χ4n) is 3.12. The van der Waals surface area contributed by atoms with E-state index in [1.165, 1.54) is 5.56 Å². The van der Waals surface area contributed by atoms with Crippen molar-refractivity contribution in [2.75, 3.05) is 12.3 Å². The molecular formula is C22H28N2O2S. The van der Waals surface area contributed by atoms with Crippen molar-refractivity contribution in [1.29, 1.82) is 0 Å². The molecule has 5 heteroatoms. The largest absolute Gasteiger partial charge is 0.457 e. The molecule has 144 valence electrons. The molecule has 1 fully saturated rings. The molecule has 0 radical (unpaired) electrons. The van der Waals surface area contributed by atoms with Crippen molar-refractivity contribution >= 4 is 17.7 Å². The molecule has 1 atom stereocenters. The van der Waals surface area contributed by atoms with Gasteiger partial charge in [-0.2, -0.15) is 0 Å². The van der Waals surface area contributed by atoms with Crippen LogP contribution in [0.5, 0.6) is 11.5 Å². The maximum Gasteiger partial charge on any atom is 0.233 e. The van der Waals surface area contributed by atoms with Crippen molar-refractivity contribution in [2.45, 2.75) is 45.4 Å². The number of carbonyl (C=O) groups is 1. The Hall–Kier alpha value is -2.01. The Morgan fingerprint density at radius 1 is 1.22 bits per heavy atom. The van der Waals surface area contributed by atoms with Gasteiger partial charge in [-0.3, -0.25) is 9.78 Å². The molecule has 3 rings (SSSR count). The summed E-state index contributed by atoms with van der Waals surface area (Å²) in [5.74, 6) is 2.66. The molecule has 1 amide bonds. The molecule has 27 heavy (non-hydrogen) atoms. The van der Waals surface area contributed by atoms with Gasteiger partial charge >= 0.3 is 0 Å². The molecule has 2 heterocycles. The SMILES string of the molecule is CC(C)CN1C(=O)CSC1c1cnccc1Oc1ccc(C(C)(C)C)cc1. The number of nitrogens with zero attached hydrogens (tertiary/aromatic N) is 2. The second kappa shape index (κ2) is 7.93. The van der Waals surface area contributed by atoms with Crippen molar-refractivity contribution < 1.29 is 9.53 Å². The van der Waals surface area contributed by atoms with Gasteiger partial charge in [-0.05, 0) is 35.1 Å². The lowest BCUT2D eigenvalue weighted by Gasteiger charge is -2.27. The van der Waals surface area contributed by atoms with E-state index in [0.29, 0.717) is 11.7 Å². The van der Waals surface area contributed by atoms with Crippen LogP contribution in [0.3, 0.4) is 0 Å². The van der Waals surface area contributed by atoms with Crippen LogP contribution in [0, 0.1) is 5.92 Å². The zero-order chi connectivity index (χ0) is 19.6. The van der Waals surface area contributed by atoms with Gasteiger partial charge in [0.1, 0.15) is 16.9 Å². The number of benzene rings is 1. The van der Waals surface area contributed by atoms with Gasteiger partial charge < -0.3 is 9.64 Å². The maximum absolute atomic E-state index is 12.3. The maximum atomic E-state index is 12.3. The van der Waals surface area contributed by atoms with Crippen LogP contribution in [0.2, 0.25) is 0 Å². The summed E-state index contributed by atoms with van der Waals surface area (Å²) in [5.41, 5.74) is 2.33. The molecule has 1 aliphatic heterocycles. The van der Waals surface area contributed by atoms with Crippen molar-refractivity contribution in [1.82, 2.24) is 9.88 Å². The van der Waals surface area contributed by atoms with Crippen LogP contribution in [-0.4, -0.2) is 28.1 Å². The normalized spacial score (nSPS) is 17.6. The fraction of sp³-hybridized carbons (Fsp3) is 0.455. The van der Waals surface area contributed by atoms with E-state index in [1.54, 1.807) is 18.0 Å². The topological polar surface area (TPSA) is 42.4 Å². The minimum Gasteiger partial charge on any atom is -0.457 e. The van der Waals surface area contributed by atoms with E-state index in [-0.39, 0.29) is 16.7 Å². The lowest BCUT2D eigenvalue weighted by molar-refractivity contribution is -0.128.